The Kier molecular flexibility index (Phi) is 4.61. The molecule has 19 heavy (non-hydrogen) atoms. The molecule has 1 heterocycles. The summed E-state index contributed by atoms with van der Waals surface area (Å²) in [5.74, 6) is 0. The van der Waals surface area contributed by atoms with Crippen LogP contribution in [0.25, 0.3) is 0 Å². The van der Waals surface area contributed by atoms with Gasteiger partial charge < -0.3 is 5.73 Å². The Morgan fingerprint density at radius 3 is 2.74 bits per heavy atom. The zero-order chi connectivity index (χ0) is 13.8. The molecule has 0 bridgehead atoms. The van der Waals surface area contributed by atoms with Crippen LogP contribution < -0.4 is 5.73 Å². The summed E-state index contributed by atoms with van der Waals surface area (Å²) in [5, 5.41) is 5.27. The molecular formula is C15H20ClN3. The molecule has 2 rings (SSSR count). The minimum absolute atomic E-state index is 0.0505. The van der Waals surface area contributed by atoms with Crippen molar-refractivity contribution < 1.29 is 0 Å². The van der Waals surface area contributed by atoms with Crippen molar-refractivity contribution in [2.75, 3.05) is 0 Å². The topological polar surface area (TPSA) is 43.8 Å². The lowest BCUT2D eigenvalue weighted by Crippen LogP contribution is -2.16. The molecule has 0 fully saturated rings. The molecule has 0 radical (unpaired) electrons. The second-order valence-electron chi connectivity index (χ2n) is 4.66. The van der Waals surface area contributed by atoms with Gasteiger partial charge in [-0.05, 0) is 37.1 Å². The summed E-state index contributed by atoms with van der Waals surface area (Å²) in [6.07, 6.45) is 1.73. The average molecular weight is 278 g/mol. The van der Waals surface area contributed by atoms with Crippen LogP contribution in [0.4, 0.5) is 0 Å². The fraction of sp³-hybridized carbons (Fsp3) is 0.400. The number of halogens is 1. The first-order chi connectivity index (χ1) is 9.13. The molecule has 1 aromatic heterocycles. The molecule has 2 aromatic rings. The number of benzene rings is 1. The van der Waals surface area contributed by atoms with E-state index in [0.29, 0.717) is 0 Å². The van der Waals surface area contributed by atoms with Crippen molar-refractivity contribution in [3.63, 3.8) is 0 Å². The van der Waals surface area contributed by atoms with Crippen LogP contribution in [0, 0.1) is 0 Å². The predicted octanol–water partition coefficient (Wildman–Crippen LogP) is 3.36. The highest BCUT2D eigenvalue weighted by Gasteiger charge is 2.12. The molecule has 0 aliphatic heterocycles. The minimum Gasteiger partial charge on any atom is -0.324 e. The number of aromatic nitrogens is 2. The quantitative estimate of drug-likeness (QED) is 0.911. The van der Waals surface area contributed by atoms with E-state index in [2.05, 4.69) is 25.0 Å². The predicted molar refractivity (Wildman–Crippen MR) is 79.4 cm³/mol. The Morgan fingerprint density at radius 2 is 2.11 bits per heavy atom. The third kappa shape index (κ3) is 3.37. The van der Waals surface area contributed by atoms with Crippen molar-refractivity contribution in [3.8, 4) is 0 Å². The Morgan fingerprint density at radius 1 is 1.32 bits per heavy atom. The third-order valence-corrected chi connectivity index (χ3v) is 3.52. The standard InChI is InChI=1S/C15H20ClN3/c1-3-13-9-14(19(4-2)18-13)10-15(17)11-6-5-7-12(16)8-11/h5-9,15H,3-4,10,17H2,1-2H3. The normalized spacial score (nSPS) is 12.6. The fourth-order valence-electron chi connectivity index (χ4n) is 2.21. The summed E-state index contributed by atoms with van der Waals surface area (Å²) < 4.78 is 2.03. The smallest absolute Gasteiger partial charge is 0.0624 e. The van der Waals surface area contributed by atoms with Gasteiger partial charge in [0.15, 0.2) is 0 Å². The zero-order valence-corrected chi connectivity index (χ0v) is 12.2. The Bertz CT molecular complexity index is 548. The van der Waals surface area contributed by atoms with E-state index in [1.165, 1.54) is 5.69 Å². The van der Waals surface area contributed by atoms with Crippen LogP contribution in [0.15, 0.2) is 30.3 Å². The van der Waals surface area contributed by atoms with Gasteiger partial charge in [0.05, 0.1) is 5.69 Å². The molecular weight excluding hydrogens is 258 g/mol. The monoisotopic (exact) mass is 277 g/mol. The highest BCUT2D eigenvalue weighted by atomic mass is 35.5. The molecule has 0 saturated heterocycles. The van der Waals surface area contributed by atoms with Crippen molar-refractivity contribution in [1.82, 2.24) is 9.78 Å². The van der Waals surface area contributed by atoms with Gasteiger partial charge in [-0.1, -0.05) is 30.7 Å². The molecule has 102 valence electrons. The van der Waals surface area contributed by atoms with E-state index < -0.39 is 0 Å². The number of nitrogens with two attached hydrogens (primary N) is 1. The van der Waals surface area contributed by atoms with Crippen molar-refractivity contribution in [3.05, 3.63) is 52.3 Å². The maximum atomic E-state index is 6.27. The van der Waals surface area contributed by atoms with E-state index in [4.69, 9.17) is 17.3 Å². The molecule has 3 nitrogen and oxygen atoms in total. The maximum Gasteiger partial charge on any atom is 0.0624 e. The molecule has 0 amide bonds. The summed E-state index contributed by atoms with van der Waals surface area (Å²) in [6, 6.07) is 9.85. The number of rotatable bonds is 5. The van der Waals surface area contributed by atoms with Crippen LogP contribution in [-0.4, -0.2) is 9.78 Å². The van der Waals surface area contributed by atoms with E-state index >= 15 is 0 Å². The van der Waals surface area contributed by atoms with Gasteiger partial charge in [0, 0.05) is 29.7 Å². The van der Waals surface area contributed by atoms with Crippen LogP contribution in [0.3, 0.4) is 0 Å². The van der Waals surface area contributed by atoms with Gasteiger partial charge in [-0.25, -0.2) is 0 Å². The first kappa shape index (κ1) is 14.1. The van der Waals surface area contributed by atoms with Gasteiger partial charge in [-0.15, -0.1) is 0 Å². The average Bonchev–Trinajstić information content (AvgIpc) is 2.81. The van der Waals surface area contributed by atoms with Crippen LogP contribution in [0.5, 0.6) is 0 Å². The summed E-state index contributed by atoms with van der Waals surface area (Å²) in [5.41, 5.74) is 9.64. The lowest BCUT2D eigenvalue weighted by molar-refractivity contribution is 0.585. The second kappa shape index (κ2) is 6.22. The lowest BCUT2D eigenvalue weighted by atomic mass is 10.0. The SMILES string of the molecule is CCc1cc(CC(N)c2cccc(Cl)c2)n(CC)n1. The molecule has 1 unspecified atom stereocenters. The van der Waals surface area contributed by atoms with E-state index in [0.717, 1.165) is 35.7 Å². The number of nitrogens with zero attached hydrogens (tertiary/aromatic N) is 2. The zero-order valence-electron chi connectivity index (χ0n) is 11.4. The summed E-state index contributed by atoms with van der Waals surface area (Å²) in [7, 11) is 0. The Hall–Kier alpha value is -1.32. The largest absolute Gasteiger partial charge is 0.324 e. The Labute approximate surface area is 119 Å². The first-order valence-electron chi connectivity index (χ1n) is 6.70. The van der Waals surface area contributed by atoms with E-state index in [9.17, 15) is 0 Å². The van der Waals surface area contributed by atoms with Crippen molar-refractivity contribution in [2.24, 2.45) is 5.73 Å². The lowest BCUT2D eigenvalue weighted by Gasteiger charge is -2.13. The molecule has 0 aliphatic carbocycles. The molecule has 0 saturated carbocycles. The van der Waals surface area contributed by atoms with Crippen LogP contribution in [0.1, 0.15) is 36.8 Å². The number of hydrogen-bond acceptors (Lipinski definition) is 2. The van der Waals surface area contributed by atoms with Crippen LogP contribution in [0.2, 0.25) is 5.02 Å². The molecule has 4 heteroatoms. The van der Waals surface area contributed by atoms with E-state index in [1.54, 1.807) is 0 Å². The minimum atomic E-state index is -0.0505. The highest BCUT2D eigenvalue weighted by Crippen LogP contribution is 2.20. The van der Waals surface area contributed by atoms with Gasteiger partial charge in [-0.3, -0.25) is 4.68 Å². The molecule has 0 aliphatic rings. The molecule has 1 aromatic carbocycles. The number of aryl methyl sites for hydroxylation is 2. The summed E-state index contributed by atoms with van der Waals surface area (Å²) in [6.45, 7) is 5.08. The van der Waals surface area contributed by atoms with Gasteiger partial charge in [0.25, 0.3) is 0 Å². The van der Waals surface area contributed by atoms with Crippen LogP contribution in [-0.2, 0) is 19.4 Å². The van der Waals surface area contributed by atoms with Gasteiger partial charge in [-0.2, -0.15) is 5.10 Å². The van der Waals surface area contributed by atoms with Gasteiger partial charge >= 0.3 is 0 Å². The molecule has 0 spiro atoms. The van der Waals surface area contributed by atoms with Crippen molar-refractivity contribution >= 4 is 11.6 Å². The summed E-state index contributed by atoms with van der Waals surface area (Å²) in [4.78, 5) is 0. The Balaban J connectivity index is 2.18. The van der Waals surface area contributed by atoms with Crippen molar-refractivity contribution in [2.45, 2.75) is 39.3 Å². The van der Waals surface area contributed by atoms with Gasteiger partial charge in [0.2, 0.25) is 0 Å². The second-order valence-corrected chi connectivity index (χ2v) is 5.10. The third-order valence-electron chi connectivity index (χ3n) is 3.28. The van der Waals surface area contributed by atoms with E-state index in [-0.39, 0.29) is 6.04 Å². The van der Waals surface area contributed by atoms with Crippen LogP contribution >= 0.6 is 11.6 Å². The van der Waals surface area contributed by atoms with Gasteiger partial charge in [0.1, 0.15) is 0 Å². The maximum absolute atomic E-state index is 6.27. The molecule has 1 atom stereocenters. The van der Waals surface area contributed by atoms with Crippen molar-refractivity contribution in [1.29, 1.82) is 0 Å². The first-order valence-corrected chi connectivity index (χ1v) is 7.08. The fourth-order valence-corrected chi connectivity index (χ4v) is 2.40. The number of hydrogen-bond donors (Lipinski definition) is 1. The van der Waals surface area contributed by atoms with E-state index in [1.807, 2.05) is 28.9 Å². The molecule has 2 N–H and O–H groups in total. The highest BCUT2D eigenvalue weighted by molar-refractivity contribution is 6.30. The summed E-state index contributed by atoms with van der Waals surface area (Å²) >= 11 is 6.00.